The predicted octanol–water partition coefficient (Wildman–Crippen LogP) is 2.49. The van der Waals surface area contributed by atoms with Crippen LogP contribution in [-0.4, -0.2) is 71.9 Å². The van der Waals surface area contributed by atoms with Gasteiger partial charge in [0.25, 0.3) is 5.56 Å². The van der Waals surface area contributed by atoms with Crippen molar-refractivity contribution in [2.45, 2.75) is 62.9 Å². The maximum Gasteiger partial charge on any atom is 0.389 e. The maximum absolute atomic E-state index is 14.4. The highest BCUT2D eigenvalue weighted by Crippen LogP contribution is 2.64. The summed E-state index contributed by atoms with van der Waals surface area (Å²) in [5.74, 6) is -0.318. The van der Waals surface area contributed by atoms with Crippen molar-refractivity contribution in [1.82, 2.24) is 24.1 Å². The van der Waals surface area contributed by atoms with E-state index in [1.54, 1.807) is 30.1 Å². The summed E-state index contributed by atoms with van der Waals surface area (Å²) in [6.07, 6.45) is -0.681. The third-order valence-electron chi connectivity index (χ3n) is 8.12. The number of ether oxygens (including phenoxy) is 2. The number of nitrogens with two attached hydrogens (primary N) is 1. The normalized spacial score (nSPS) is 27.7. The molecule has 3 aromatic heterocycles. The molecule has 2 saturated heterocycles. The van der Waals surface area contributed by atoms with Crippen LogP contribution in [0.25, 0.3) is 11.2 Å². The highest BCUT2D eigenvalue weighted by Gasteiger charge is 2.48. The number of aliphatic hydroxyl groups excluding tert-OH is 2. The molecule has 2 aliphatic rings. The number of hydrogen-bond donors (Lipinski definition) is 4. The summed E-state index contributed by atoms with van der Waals surface area (Å²) in [5, 5.41) is 21.0. The van der Waals surface area contributed by atoms with Crippen LogP contribution in [0.1, 0.15) is 36.9 Å². The van der Waals surface area contributed by atoms with E-state index >= 15 is 0 Å². The van der Waals surface area contributed by atoms with E-state index in [1.807, 2.05) is 31.2 Å². The average molecular weight is 675 g/mol. The van der Waals surface area contributed by atoms with Gasteiger partial charge in [0.1, 0.15) is 36.3 Å². The zero-order chi connectivity index (χ0) is 32.6. The van der Waals surface area contributed by atoms with Gasteiger partial charge in [-0.2, -0.15) is 0 Å². The molecule has 8 atom stereocenters. The predicted molar refractivity (Wildman–Crippen MR) is 169 cm³/mol. The van der Waals surface area contributed by atoms with Crippen molar-refractivity contribution in [2.24, 2.45) is 5.92 Å². The van der Waals surface area contributed by atoms with Crippen LogP contribution < -0.4 is 17.0 Å². The number of anilines is 1. The minimum Gasteiger partial charge on any atom is -0.397 e. The van der Waals surface area contributed by atoms with E-state index in [4.69, 9.17) is 24.3 Å². The van der Waals surface area contributed by atoms with Gasteiger partial charge in [-0.3, -0.25) is 28.0 Å². The van der Waals surface area contributed by atoms with Crippen molar-refractivity contribution in [3.05, 3.63) is 87.1 Å². The van der Waals surface area contributed by atoms with Crippen molar-refractivity contribution in [3.63, 3.8) is 0 Å². The van der Waals surface area contributed by atoms with E-state index in [0.29, 0.717) is 16.9 Å². The molecule has 2 aliphatic heterocycles. The molecule has 1 aromatic carbocycles. The Kier molecular flexibility index (Phi) is 9.50. The van der Waals surface area contributed by atoms with Crippen LogP contribution in [0.3, 0.4) is 0 Å². The minimum atomic E-state index is -4.03. The zero-order valence-electron chi connectivity index (χ0n) is 25.0. The number of benzene rings is 1. The number of nitrogens with zero attached hydrogens (tertiary/aromatic N) is 4. The maximum atomic E-state index is 14.4. The van der Waals surface area contributed by atoms with Gasteiger partial charge < -0.3 is 25.4 Å². The number of rotatable bonds is 11. The SMILES string of the molecule is Cc1ccc(CSP(=O)(OC[C@H]2O[C@@H](n3cnc4c(N)ccnc43)C[C@H]2O)O[C@@H]2C(C)[C@H](n3ccc(=O)[nH]c3=O)O[C@@H]2CO)cc1. The zero-order valence-corrected chi connectivity index (χ0v) is 26.8. The van der Waals surface area contributed by atoms with Gasteiger partial charge in [-0.15, -0.1) is 0 Å². The van der Waals surface area contributed by atoms with Gasteiger partial charge in [-0.1, -0.05) is 36.8 Å². The molecule has 0 radical (unpaired) electrons. The van der Waals surface area contributed by atoms with Crippen LogP contribution in [0, 0.1) is 12.8 Å². The molecule has 0 amide bonds. The van der Waals surface area contributed by atoms with E-state index in [9.17, 15) is 24.4 Å². The molecule has 0 saturated carbocycles. The standard InChI is InChI=1S/C29H35N6O9PS/c1-16-3-5-18(6-4-16)14-46-45(40,44-26-17(2)28(43-21(26)12-36)34-10-8-23(38)33-29(34)39)41-13-22-20(37)11-24(42-22)35-15-32-25-19(30)7-9-31-27(25)35/h3-10,15,17,20-22,24,26,28,36-37H,11-14H2,1-2H3,(H2,30,31)(H,33,38,39)/t17?,20-,21-,22-,24-,26-,28-,45?/m1/s1. The van der Waals surface area contributed by atoms with E-state index in [1.165, 1.54) is 16.8 Å². The fraction of sp³-hybridized carbons (Fsp3) is 0.448. The molecule has 5 N–H and O–H groups in total. The van der Waals surface area contributed by atoms with Crippen molar-refractivity contribution >= 4 is 35.0 Å². The first-order chi connectivity index (χ1) is 22.0. The lowest BCUT2D eigenvalue weighted by Crippen LogP contribution is -2.34. The smallest absolute Gasteiger partial charge is 0.389 e. The largest absolute Gasteiger partial charge is 0.397 e. The number of hydrogen-bond acceptors (Lipinski definition) is 13. The summed E-state index contributed by atoms with van der Waals surface area (Å²) < 4.78 is 41.6. The number of aromatic nitrogens is 5. The second-order valence-electron chi connectivity index (χ2n) is 11.4. The third kappa shape index (κ3) is 6.71. The van der Waals surface area contributed by atoms with Crippen molar-refractivity contribution < 1.29 is 33.3 Å². The number of imidazole rings is 1. The first-order valence-corrected chi connectivity index (χ1v) is 17.8. The fourth-order valence-electron chi connectivity index (χ4n) is 5.59. The molecule has 6 rings (SSSR count). The van der Waals surface area contributed by atoms with Crippen LogP contribution in [-0.2, 0) is 28.8 Å². The van der Waals surface area contributed by atoms with Gasteiger partial charge in [0.15, 0.2) is 5.65 Å². The number of pyridine rings is 1. The van der Waals surface area contributed by atoms with Gasteiger partial charge in [0, 0.05) is 36.6 Å². The highest BCUT2D eigenvalue weighted by atomic mass is 32.7. The molecule has 5 heterocycles. The number of aliphatic hydroxyl groups is 2. The third-order valence-corrected chi connectivity index (χ3v) is 11.8. The van der Waals surface area contributed by atoms with E-state index < -0.39 is 67.4 Å². The van der Waals surface area contributed by atoms with E-state index in [-0.39, 0.29) is 18.8 Å². The van der Waals surface area contributed by atoms with Crippen LogP contribution in [0.4, 0.5) is 5.69 Å². The number of H-pyrrole nitrogens is 1. The molecule has 0 bridgehead atoms. The number of nitrogen functional groups attached to an aromatic ring is 1. The van der Waals surface area contributed by atoms with E-state index in [0.717, 1.165) is 22.5 Å². The van der Waals surface area contributed by atoms with Crippen molar-refractivity contribution in [3.8, 4) is 0 Å². The van der Waals surface area contributed by atoms with Crippen LogP contribution in [0.2, 0.25) is 0 Å². The van der Waals surface area contributed by atoms with Crippen molar-refractivity contribution in [1.29, 1.82) is 0 Å². The Morgan fingerprint density at radius 3 is 2.65 bits per heavy atom. The number of aromatic amines is 1. The minimum absolute atomic E-state index is 0.202. The molecular formula is C29H35N6O9PS. The molecule has 246 valence electrons. The number of aryl methyl sites for hydroxylation is 1. The summed E-state index contributed by atoms with van der Waals surface area (Å²) in [7, 11) is 0. The lowest BCUT2D eigenvalue weighted by molar-refractivity contribution is -0.0505. The molecular weight excluding hydrogens is 639 g/mol. The molecule has 2 unspecified atom stereocenters. The Labute approximate surface area is 267 Å². The molecule has 0 aliphatic carbocycles. The molecule has 17 heteroatoms. The lowest BCUT2D eigenvalue weighted by atomic mass is 10.0. The van der Waals surface area contributed by atoms with Crippen LogP contribution in [0.15, 0.2) is 64.7 Å². The van der Waals surface area contributed by atoms with Gasteiger partial charge in [0.2, 0.25) is 0 Å². The number of nitrogens with one attached hydrogen (secondary N) is 1. The van der Waals surface area contributed by atoms with Gasteiger partial charge in [0.05, 0.1) is 31.3 Å². The van der Waals surface area contributed by atoms with Gasteiger partial charge in [-0.25, -0.2) is 19.3 Å². The van der Waals surface area contributed by atoms with Crippen molar-refractivity contribution in [2.75, 3.05) is 18.9 Å². The Hall–Kier alpha value is -3.34. The molecule has 4 aromatic rings. The molecule has 15 nitrogen and oxygen atoms in total. The van der Waals surface area contributed by atoms with Gasteiger partial charge >= 0.3 is 12.5 Å². The van der Waals surface area contributed by atoms with Crippen LogP contribution in [0.5, 0.6) is 0 Å². The van der Waals surface area contributed by atoms with E-state index in [2.05, 4.69) is 15.0 Å². The second kappa shape index (κ2) is 13.4. The summed E-state index contributed by atoms with van der Waals surface area (Å²) in [6, 6.07) is 10.5. The Bertz CT molecular complexity index is 1850. The van der Waals surface area contributed by atoms with Crippen LogP contribution >= 0.6 is 18.2 Å². The topological polar surface area (TPSA) is 206 Å². The first-order valence-electron chi connectivity index (χ1n) is 14.7. The summed E-state index contributed by atoms with van der Waals surface area (Å²) >= 11 is 0.955. The average Bonchev–Trinajstić information content (AvgIpc) is 3.72. The molecule has 46 heavy (non-hydrogen) atoms. The molecule has 0 spiro atoms. The Morgan fingerprint density at radius 1 is 1.13 bits per heavy atom. The fourth-order valence-corrected chi connectivity index (χ4v) is 9.05. The summed E-state index contributed by atoms with van der Waals surface area (Å²) in [4.78, 5) is 35.0. The second-order valence-corrected chi connectivity index (χ2v) is 15.4. The quantitative estimate of drug-likeness (QED) is 0.169. The highest BCUT2D eigenvalue weighted by molar-refractivity contribution is 8.54. The van der Waals surface area contributed by atoms with Gasteiger partial charge in [-0.05, 0) is 29.9 Å². The summed E-state index contributed by atoms with van der Waals surface area (Å²) in [6.45, 7) is -1.11. The first kappa shape index (κ1) is 32.6. The summed E-state index contributed by atoms with van der Waals surface area (Å²) in [5.41, 5.74) is 8.19. The monoisotopic (exact) mass is 674 g/mol. The Balaban J connectivity index is 1.21. The lowest BCUT2D eigenvalue weighted by Gasteiger charge is -2.27. The Morgan fingerprint density at radius 2 is 1.91 bits per heavy atom. The molecule has 2 fully saturated rings. The number of fused-ring (bicyclic) bond motifs is 1.